The Morgan fingerprint density at radius 1 is 0.923 bits per heavy atom. The Hall–Kier alpha value is -1.53. The minimum atomic E-state index is -0.412. The zero-order valence-electron chi connectivity index (χ0n) is 14.7. The molecule has 1 aliphatic heterocycles. The van der Waals surface area contributed by atoms with Crippen molar-refractivity contribution in [3.63, 3.8) is 0 Å². The maximum absolute atomic E-state index is 11.9. The third-order valence-corrected chi connectivity index (χ3v) is 5.29. The molecule has 4 nitrogen and oxygen atoms in total. The summed E-state index contributed by atoms with van der Waals surface area (Å²) in [6, 6.07) is 19.8. The molecule has 5 heteroatoms. The number of benzene rings is 2. The molecule has 3 rings (SSSR count). The second kappa shape index (κ2) is 9.42. The topological polar surface area (TPSA) is 44.8 Å². The van der Waals surface area contributed by atoms with Crippen LogP contribution in [0.3, 0.4) is 0 Å². The standard InChI is InChI=1S/C21H23BrO4/c1-15-19(24-13-16-8-4-2-5-9-16)18(12-23)20(21(22)26-15)25-14-17-10-6-3-7-11-17/h2-12,15,18-21H,13-14H2,1H3. The molecule has 1 saturated heterocycles. The number of alkyl halides is 1. The van der Waals surface area contributed by atoms with Gasteiger partial charge < -0.3 is 19.0 Å². The van der Waals surface area contributed by atoms with Crippen LogP contribution in [-0.4, -0.2) is 29.6 Å². The van der Waals surface area contributed by atoms with Crippen molar-refractivity contribution < 1.29 is 19.0 Å². The third-order valence-electron chi connectivity index (χ3n) is 4.55. The van der Waals surface area contributed by atoms with Crippen LogP contribution in [0, 0.1) is 5.92 Å². The maximum atomic E-state index is 11.9. The first kappa shape index (κ1) is 19.2. The van der Waals surface area contributed by atoms with E-state index in [0.717, 1.165) is 17.4 Å². The van der Waals surface area contributed by atoms with Gasteiger partial charge in [0.2, 0.25) is 0 Å². The highest BCUT2D eigenvalue weighted by molar-refractivity contribution is 9.09. The van der Waals surface area contributed by atoms with E-state index in [-0.39, 0.29) is 17.2 Å². The molecule has 5 atom stereocenters. The van der Waals surface area contributed by atoms with E-state index in [1.54, 1.807) is 0 Å². The van der Waals surface area contributed by atoms with Gasteiger partial charge in [0.05, 0.1) is 31.3 Å². The summed E-state index contributed by atoms with van der Waals surface area (Å²) in [5.41, 5.74) is 2.12. The van der Waals surface area contributed by atoms with Gasteiger partial charge in [0.15, 0.2) is 0 Å². The molecule has 1 aliphatic rings. The summed E-state index contributed by atoms with van der Waals surface area (Å²) in [7, 11) is 0. The first-order chi connectivity index (χ1) is 12.7. The van der Waals surface area contributed by atoms with Crippen LogP contribution in [0.15, 0.2) is 60.7 Å². The fourth-order valence-corrected chi connectivity index (χ4v) is 4.00. The molecule has 0 saturated carbocycles. The van der Waals surface area contributed by atoms with Gasteiger partial charge in [-0.2, -0.15) is 0 Å². The average molecular weight is 419 g/mol. The van der Waals surface area contributed by atoms with E-state index in [1.807, 2.05) is 67.6 Å². The van der Waals surface area contributed by atoms with Crippen LogP contribution in [0.5, 0.6) is 0 Å². The van der Waals surface area contributed by atoms with Crippen LogP contribution in [0.2, 0.25) is 0 Å². The number of halogens is 1. The van der Waals surface area contributed by atoms with Crippen molar-refractivity contribution >= 4 is 22.2 Å². The van der Waals surface area contributed by atoms with Gasteiger partial charge in [-0.15, -0.1) is 0 Å². The second-order valence-corrected chi connectivity index (χ2v) is 7.33. The first-order valence-electron chi connectivity index (χ1n) is 8.75. The predicted octanol–water partition coefficient (Wildman–Crippen LogP) is 4.11. The van der Waals surface area contributed by atoms with Gasteiger partial charge in [-0.3, -0.25) is 0 Å². The molecular weight excluding hydrogens is 396 g/mol. The number of aldehydes is 1. The largest absolute Gasteiger partial charge is 0.370 e. The molecule has 2 aromatic carbocycles. The van der Waals surface area contributed by atoms with Gasteiger partial charge in [-0.05, 0) is 18.1 Å². The molecule has 0 N–H and O–H groups in total. The first-order valence-corrected chi connectivity index (χ1v) is 9.66. The van der Waals surface area contributed by atoms with Crippen LogP contribution < -0.4 is 0 Å². The molecule has 26 heavy (non-hydrogen) atoms. The highest BCUT2D eigenvalue weighted by Crippen LogP contribution is 2.33. The zero-order valence-corrected chi connectivity index (χ0v) is 16.2. The Morgan fingerprint density at radius 3 is 1.92 bits per heavy atom. The van der Waals surface area contributed by atoms with Gasteiger partial charge in [0.1, 0.15) is 17.4 Å². The van der Waals surface area contributed by atoms with Crippen molar-refractivity contribution in [1.82, 2.24) is 0 Å². The van der Waals surface area contributed by atoms with E-state index in [4.69, 9.17) is 14.2 Å². The molecule has 2 aromatic rings. The molecule has 0 spiro atoms. The molecule has 0 amide bonds. The van der Waals surface area contributed by atoms with Gasteiger partial charge in [0, 0.05) is 0 Å². The van der Waals surface area contributed by atoms with E-state index in [2.05, 4.69) is 15.9 Å². The molecule has 0 aliphatic carbocycles. The van der Waals surface area contributed by atoms with Crippen LogP contribution >= 0.6 is 15.9 Å². The predicted molar refractivity (Wildman–Crippen MR) is 103 cm³/mol. The van der Waals surface area contributed by atoms with Crippen LogP contribution in [0.25, 0.3) is 0 Å². The Kier molecular flexibility index (Phi) is 6.97. The molecule has 0 bridgehead atoms. The maximum Gasteiger partial charge on any atom is 0.139 e. The SMILES string of the molecule is CC1OC(Br)C(OCc2ccccc2)C(C=O)C1OCc1ccccc1. The minimum Gasteiger partial charge on any atom is -0.370 e. The summed E-state index contributed by atoms with van der Waals surface area (Å²) in [5, 5.41) is -0.354. The quantitative estimate of drug-likeness (QED) is 0.501. The van der Waals surface area contributed by atoms with E-state index in [1.165, 1.54) is 0 Å². The fourth-order valence-electron chi connectivity index (χ4n) is 3.16. The number of carbonyl (C=O) groups excluding carboxylic acids is 1. The second-order valence-electron chi connectivity index (χ2n) is 6.43. The molecule has 138 valence electrons. The van der Waals surface area contributed by atoms with Crippen molar-refractivity contribution in [1.29, 1.82) is 0 Å². The minimum absolute atomic E-state index is 0.213. The molecule has 0 aromatic heterocycles. The Labute approximate surface area is 162 Å². The van der Waals surface area contributed by atoms with Crippen LogP contribution in [0.1, 0.15) is 18.1 Å². The lowest BCUT2D eigenvalue weighted by molar-refractivity contribution is -0.198. The van der Waals surface area contributed by atoms with Gasteiger partial charge in [-0.1, -0.05) is 76.6 Å². The van der Waals surface area contributed by atoms with Gasteiger partial charge in [-0.25, -0.2) is 0 Å². The molecular formula is C21H23BrO4. The summed E-state index contributed by atoms with van der Waals surface area (Å²) in [5.74, 6) is -0.407. The number of carbonyl (C=O) groups is 1. The molecule has 1 heterocycles. The molecule has 1 fully saturated rings. The van der Waals surface area contributed by atoms with Crippen molar-refractivity contribution in [2.75, 3.05) is 0 Å². The van der Waals surface area contributed by atoms with Crippen molar-refractivity contribution in [2.24, 2.45) is 5.92 Å². The fraction of sp³-hybridized carbons (Fsp3) is 0.381. The lowest BCUT2D eigenvalue weighted by Crippen LogP contribution is -2.53. The van der Waals surface area contributed by atoms with E-state index < -0.39 is 12.0 Å². The van der Waals surface area contributed by atoms with Crippen LogP contribution in [-0.2, 0) is 32.2 Å². The average Bonchev–Trinajstić information content (AvgIpc) is 2.67. The Bertz CT molecular complexity index is 623. The normalized spacial score (nSPS) is 28.6. The van der Waals surface area contributed by atoms with Gasteiger partial charge in [0.25, 0.3) is 0 Å². The van der Waals surface area contributed by atoms with Gasteiger partial charge >= 0.3 is 0 Å². The Balaban J connectivity index is 1.67. The van der Waals surface area contributed by atoms with E-state index in [0.29, 0.717) is 13.2 Å². The lowest BCUT2D eigenvalue weighted by atomic mass is 9.91. The summed E-state index contributed by atoms with van der Waals surface area (Å²) in [4.78, 5) is 11.9. The summed E-state index contributed by atoms with van der Waals surface area (Å²) >= 11 is 3.51. The summed E-state index contributed by atoms with van der Waals surface area (Å²) in [6.45, 7) is 2.77. The monoisotopic (exact) mass is 418 g/mol. The third kappa shape index (κ3) is 4.80. The highest BCUT2D eigenvalue weighted by atomic mass is 79.9. The van der Waals surface area contributed by atoms with Crippen molar-refractivity contribution in [3.05, 3.63) is 71.8 Å². The van der Waals surface area contributed by atoms with Crippen molar-refractivity contribution in [2.45, 2.75) is 43.5 Å². The van der Waals surface area contributed by atoms with E-state index in [9.17, 15) is 4.79 Å². The van der Waals surface area contributed by atoms with E-state index >= 15 is 0 Å². The molecule has 0 radical (unpaired) electrons. The molecule has 5 unspecified atom stereocenters. The number of rotatable bonds is 7. The number of ether oxygens (including phenoxy) is 3. The zero-order chi connectivity index (χ0) is 18.4. The summed E-state index contributed by atoms with van der Waals surface area (Å²) in [6.07, 6.45) is -0.0553. The number of hydrogen-bond donors (Lipinski definition) is 0. The Morgan fingerprint density at radius 2 is 1.42 bits per heavy atom. The highest BCUT2D eigenvalue weighted by Gasteiger charge is 2.44. The lowest BCUT2D eigenvalue weighted by Gasteiger charge is -2.41. The smallest absolute Gasteiger partial charge is 0.139 e. The van der Waals surface area contributed by atoms with Crippen molar-refractivity contribution in [3.8, 4) is 0 Å². The number of hydrogen-bond acceptors (Lipinski definition) is 4. The van der Waals surface area contributed by atoms with Crippen LogP contribution in [0.4, 0.5) is 0 Å². The summed E-state index contributed by atoms with van der Waals surface area (Å²) < 4.78 is 18.0.